The largest absolute Gasteiger partial charge is 0.489 e. The van der Waals surface area contributed by atoms with Crippen LogP contribution in [-0.4, -0.2) is 21.2 Å². The molecule has 0 amide bonds. The molecule has 5 nitrogen and oxygen atoms in total. The van der Waals surface area contributed by atoms with Crippen molar-refractivity contribution in [3.8, 4) is 17.1 Å². The Balaban J connectivity index is 1.78. The minimum absolute atomic E-state index is 0.181. The molecule has 0 unspecified atom stereocenters. The van der Waals surface area contributed by atoms with Gasteiger partial charge in [-0.1, -0.05) is 66.0 Å². The average Bonchev–Trinajstić information content (AvgIpc) is 3.21. The number of aryl methyl sites for hydroxylation is 1. The molecule has 2 aromatic carbocycles. The van der Waals surface area contributed by atoms with Gasteiger partial charge in [0.2, 0.25) is 4.96 Å². The number of hydrogen-bond acceptors (Lipinski definition) is 5. The van der Waals surface area contributed by atoms with Gasteiger partial charge in [-0.2, -0.15) is 9.50 Å². The van der Waals surface area contributed by atoms with E-state index in [0.29, 0.717) is 27.7 Å². The first-order chi connectivity index (χ1) is 13.2. The zero-order valence-corrected chi connectivity index (χ0v) is 15.6. The second-order valence-electron chi connectivity index (χ2n) is 6.05. The summed E-state index contributed by atoms with van der Waals surface area (Å²) in [6, 6.07) is 15.5. The van der Waals surface area contributed by atoms with Crippen LogP contribution in [0.1, 0.15) is 11.1 Å². The summed E-state index contributed by atoms with van der Waals surface area (Å²) in [6.45, 7) is 6.08. The fraction of sp³-hybridized carbons (Fsp3) is 0.0952. The van der Waals surface area contributed by atoms with E-state index in [1.807, 2.05) is 61.5 Å². The van der Waals surface area contributed by atoms with Crippen LogP contribution in [0.15, 0.2) is 66.0 Å². The van der Waals surface area contributed by atoms with E-state index in [4.69, 9.17) is 4.74 Å². The summed E-state index contributed by atoms with van der Waals surface area (Å²) in [5, 5.41) is 4.40. The first kappa shape index (κ1) is 17.2. The normalized spacial score (nSPS) is 11.8. The van der Waals surface area contributed by atoms with Gasteiger partial charge >= 0.3 is 0 Å². The number of rotatable bonds is 5. The van der Waals surface area contributed by atoms with Crippen molar-refractivity contribution < 1.29 is 4.74 Å². The Morgan fingerprint density at radius 2 is 2.07 bits per heavy atom. The molecule has 0 aliphatic heterocycles. The maximum Gasteiger partial charge on any atom is 0.291 e. The minimum atomic E-state index is -0.181. The number of benzene rings is 2. The standard InChI is InChI=1S/C21H17N3O2S/c1-3-11-26-17-10-5-4-8-15(17)13-18-20(25)24-21(27-18)22-19(23-24)16-9-6-7-14(2)12-16/h3-10,12-13H,1,11H2,2H3. The van der Waals surface area contributed by atoms with Gasteiger partial charge < -0.3 is 4.74 Å². The van der Waals surface area contributed by atoms with Crippen LogP contribution in [0, 0.1) is 6.92 Å². The maximum absolute atomic E-state index is 12.8. The SMILES string of the molecule is C=CCOc1ccccc1C=c1sc2nc(-c3cccc(C)c3)nn2c1=O. The molecule has 134 valence electrons. The molecule has 0 aliphatic carbocycles. The molecule has 2 aromatic heterocycles. The Bertz CT molecular complexity index is 1240. The number of hydrogen-bond donors (Lipinski definition) is 0. The summed E-state index contributed by atoms with van der Waals surface area (Å²) in [4.78, 5) is 17.9. The topological polar surface area (TPSA) is 56.5 Å². The van der Waals surface area contributed by atoms with E-state index in [-0.39, 0.29) is 5.56 Å². The van der Waals surface area contributed by atoms with Gasteiger partial charge in [-0.05, 0) is 25.1 Å². The lowest BCUT2D eigenvalue weighted by Crippen LogP contribution is -2.23. The van der Waals surface area contributed by atoms with Gasteiger partial charge in [0.25, 0.3) is 5.56 Å². The summed E-state index contributed by atoms with van der Waals surface area (Å²) in [6.07, 6.45) is 3.50. The van der Waals surface area contributed by atoms with E-state index in [2.05, 4.69) is 16.7 Å². The van der Waals surface area contributed by atoms with Crippen molar-refractivity contribution in [1.29, 1.82) is 0 Å². The van der Waals surface area contributed by atoms with Gasteiger partial charge in [0.1, 0.15) is 12.4 Å². The number of aromatic nitrogens is 3. The first-order valence-corrected chi connectivity index (χ1v) is 9.28. The molecule has 0 spiro atoms. The third-order valence-electron chi connectivity index (χ3n) is 4.02. The van der Waals surface area contributed by atoms with Crippen LogP contribution in [0.25, 0.3) is 22.4 Å². The minimum Gasteiger partial charge on any atom is -0.489 e. The first-order valence-electron chi connectivity index (χ1n) is 8.47. The molecular weight excluding hydrogens is 358 g/mol. The van der Waals surface area contributed by atoms with Crippen molar-refractivity contribution in [2.45, 2.75) is 6.92 Å². The zero-order valence-electron chi connectivity index (χ0n) is 14.8. The van der Waals surface area contributed by atoms with E-state index in [1.54, 1.807) is 6.08 Å². The highest BCUT2D eigenvalue weighted by Gasteiger charge is 2.12. The Labute approximate surface area is 159 Å². The van der Waals surface area contributed by atoms with Crippen LogP contribution < -0.4 is 14.8 Å². The summed E-state index contributed by atoms with van der Waals surface area (Å²) in [5.41, 5.74) is 2.68. The molecule has 0 atom stereocenters. The third-order valence-corrected chi connectivity index (χ3v) is 4.98. The lowest BCUT2D eigenvalue weighted by Gasteiger charge is -2.05. The van der Waals surface area contributed by atoms with Crippen molar-refractivity contribution in [1.82, 2.24) is 14.6 Å². The molecule has 0 saturated carbocycles. The maximum atomic E-state index is 12.8. The van der Waals surface area contributed by atoms with Crippen molar-refractivity contribution in [3.63, 3.8) is 0 Å². The molecule has 0 N–H and O–H groups in total. The van der Waals surface area contributed by atoms with E-state index >= 15 is 0 Å². The quantitative estimate of drug-likeness (QED) is 0.503. The van der Waals surface area contributed by atoms with E-state index in [1.165, 1.54) is 15.9 Å². The molecule has 2 heterocycles. The van der Waals surface area contributed by atoms with Crippen LogP contribution in [0.5, 0.6) is 5.75 Å². The second-order valence-corrected chi connectivity index (χ2v) is 7.06. The lowest BCUT2D eigenvalue weighted by molar-refractivity contribution is 0.362. The number of para-hydroxylation sites is 1. The van der Waals surface area contributed by atoms with Crippen LogP contribution in [0.4, 0.5) is 0 Å². The van der Waals surface area contributed by atoms with Crippen LogP contribution >= 0.6 is 11.3 Å². The van der Waals surface area contributed by atoms with Crippen LogP contribution in [0.3, 0.4) is 0 Å². The molecule has 27 heavy (non-hydrogen) atoms. The molecule has 4 rings (SSSR count). The van der Waals surface area contributed by atoms with Gasteiger partial charge in [-0.3, -0.25) is 4.79 Å². The molecule has 4 aromatic rings. The monoisotopic (exact) mass is 375 g/mol. The number of fused-ring (bicyclic) bond motifs is 1. The Morgan fingerprint density at radius 3 is 2.85 bits per heavy atom. The lowest BCUT2D eigenvalue weighted by atomic mass is 10.1. The molecule has 0 bridgehead atoms. The highest BCUT2D eigenvalue weighted by atomic mass is 32.1. The molecule has 0 radical (unpaired) electrons. The summed E-state index contributed by atoms with van der Waals surface area (Å²) in [5.74, 6) is 1.26. The summed E-state index contributed by atoms with van der Waals surface area (Å²) < 4.78 is 7.59. The van der Waals surface area contributed by atoms with Crippen molar-refractivity contribution in [3.05, 3.63) is 87.2 Å². The van der Waals surface area contributed by atoms with Gasteiger partial charge in [0.15, 0.2) is 5.82 Å². The van der Waals surface area contributed by atoms with E-state index < -0.39 is 0 Å². The van der Waals surface area contributed by atoms with Crippen molar-refractivity contribution >= 4 is 22.4 Å². The predicted octanol–water partition coefficient (Wildman–Crippen LogP) is 3.24. The highest BCUT2D eigenvalue weighted by Crippen LogP contribution is 2.20. The van der Waals surface area contributed by atoms with Gasteiger partial charge in [0.05, 0.1) is 4.53 Å². The van der Waals surface area contributed by atoms with Crippen molar-refractivity contribution in [2.75, 3.05) is 6.61 Å². The second kappa shape index (κ2) is 7.17. The van der Waals surface area contributed by atoms with Crippen molar-refractivity contribution in [2.24, 2.45) is 0 Å². The van der Waals surface area contributed by atoms with E-state index in [0.717, 1.165) is 16.7 Å². The molecular formula is C21H17N3O2S. The Morgan fingerprint density at radius 1 is 1.22 bits per heavy atom. The fourth-order valence-electron chi connectivity index (χ4n) is 2.76. The molecule has 0 saturated heterocycles. The van der Waals surface area contributed by atoms with Crippen LogP contribution in [-0.2, 0) is 0 Å². The summed E-state index contributed by atoms with van der Waals surface area (Å²) >= 11 is 1.32. The number of thiazole rings is 1. The third kappa shape index (κ3) is 3.39. The molecule has 6 heteroatoms. The zero-order chi connectivity index (χ0) is 18.8. The molecule has 0 aliphatic rings. The van der Waals surface area contributed by atoms with Gasteiger partial charge in [-0.25, -0.2) is 0 Å². The highest BCUT2D eigenvalue weighted by molar-refractivity contribution is 7.15. The predicted molar refractivity (Wildman–Crippen MR) is 108 cm³/mol. The van der Waals surface area contributed by atoms with E-state index in [9.17, 15) is 4.79 Å². The fourth-order valence-corrected chi connectivity index (χ4v) is 3.66. The molecule has 0 fully saturated rings. The van der Waals surface area contributed by atoms with Crippen LogP contribution in [0.2, 0.25) is 0 Å². The Hall–Kier alpha value is -3.25. The number of nitrogens with zero attached hydrogens (tertiary/aromatic N) is 3. The average molecular weight is 375 g/mol. The smallest absolute Gasteiger partial charge is 0.291 e. The van der Waals surface area contributed by atoms with Gasteiger partial charge in [0, 0.05) is 11.1 Å². The Kier molecular flexibility index (Phi) is 4.56. The summed E-state index contributed by atoms with van der Waals surface area (Å²) in [7, 11) is 0. The number of ether oxygens (including phenoxy) is 1. The van der Waals surface area contributed by atoms with Gasteiger partial charge in [-0.15, -0.1) is 5.10 Å².